The number of fused-ring (bicyclic) bond motifs is 1. The van der Waals surface area contributed by atoms with Gasteiger partial charge in [-0.3, -0.25) is 4.90 Å². The lowest BCUT2D eigenvalue weighted by molar-refractivity contribution is -0.00109. The van der Waals surface area contributed by atoms with Gasteiger partial charge in [-0.2, -0.15) is 0 Å². The van der Waals surface area contributed by atoms with Crippen molar-refractivity contribution in [3.05, 3.63) is 0 Å². The first-order chi connectivity index (χ1) is 10.1. The van der Waals surface area contributed by atoms with Gasteiger partial charge in [0, 0.05) is 18.6 Å². The lowest BCUT2D eigenvalue weighted by Crippen LogP contribution is -2.61. The molecule has 3 fully saturated rings. The van der Waals surface area contributed by atoms with Crippen LogP contribution in [0.4, 0.5) is 0 Å². The summed E-state index contributed by atoms with van der Waals surface area (Å²) in [5, 5.41) is 3.85. The Bertz CT molecular complexity index is 338. The van der Waals surface area contributed by atoms with Crippen LogP contribution in [0.3, 0.4) is 0 Å². The van der Waals surface area contributed by atoms with Gasteiger partial charge in [0.05, 0.1) is 0 Å². The Morgan fingerprint density at radius 1 is 1.00 bits per heavy atom. The number of hydrogen-bond acceptors (Lipinski definition) is 2. The molecule has 3 aliphatic rings. The lowest BCUT2D eigenvalue weighted by Gasteiger charge is -2.52. The summed E-state index contributed by atoms with van der Waals surface area (Å²) in [6.07, 6.45) is 11.7. The molecule has 4 unspecified atom stereocenters. The molecule has 2 nitrogen and oxygen atoms in total. The van der Waals surface area contributed by atoms with Gasteiger partial charge in [0.15, 0.2) is 0 Å². The number of piperidine rings is 1. The highest BCUT2D eigenvalue weighted by atomic mass is 15.2. The van der Waals surface area contributed by atoms with E-state index in [1.54, 1.807) is 0 Å². The maximum atomic E-state index is 3.85. The molecular weight excluding hydrogens is 256 g/mol. The van der Waals surface area contributed by atoms with E-state index in [2.05, 4.69) is 31.0 Å². The summed E-state index contributed by atoms with van der Waals surface area (Å²) in [5.74, 6) is 2.07. The highest BCUT2D eigenvalue weighted by Gasteiger charge is 2.43. The van der Waals surface area contributed by atoms with Crippen LogP contribution in [0.2, 0.25) is 0 Å². The average Bonchev–Trinajstić information content (AvgIpc) is 2.49. The van der Waals surface area contributed by atoms with Crippen LogP contribution in [0.1, 0.15) is 72.1 Å². The van der Waals surface area contributed by atoms with Crippen molar-refractivity contribution >= 4 is 0 Å². The molecular formula is C19H36N2. The van der Waals surface area contributed by atoms with Crippen molar-refractivity contribution in [2.75, 3.05) is 19.6 Å². The molecule has 0 aromatic heterocycles. The van der Waals surface area contributed by atoms with Crippen LogP contribution in [0.15, 0.2) is 0 Å². The van der Waals surface area contributed by atoms with Gasteiger partial charge in [-0.15, -0.1) is 0 Å². The molecule has 1 heterocycles. The summed E-state index contributed by atoms with van der Waals surface area (Å²) in [6.45, 7) is 11.1. The summed E-state index contributed by atoms with van der Waals surface area (Å²) in [7, 11) is 0. The van der Waals surface area contributed by atoms with E-state index < -0.39 is 0 Å². The quantitative estimate of drug-likeness (QED) is 0.844. The van der Waals surface area contributed by atoms with Crippen molar-refractivity contribution in [2.45, 2.75) is 84.2 Å². The van der Waals surface area contributed by atoms with Gasteiger partial charge in [-0.25, -0.2) is 0 Å². The molecule has 3 rings (SSSR count). The smallest absolute Gasteiger partial charge is 0.0274 e. The van der Waals surface area contributed by atoms with Crippen LogP contribution in [0.25, 0.3) is 0 Å². The van der Waals surface area contributed by atoms with E-state index in [1.807, 2.05) is 0 Å². The van der Waals surface area contributed by atoms with E-state index in [1.165, 1.54) is 64.5 Å². The fourth-order valence-electron chi connectivity index (χ4n) is 5.57. The van der Waals surface area contributed by atoms with Crippen molar-refractivity contribution in [2.24, 2.45) is 17.3 Å². The molecule has 0 bridgehead atoms. The molecule has 21 heavy (non-hydrogen) atoms. The largest absolute Gasteiger partial charge is 0.312 e. The third-order valence-corrected chi connectivity index (χ3v) is 6.76. The van der Waals surface area contributed by atoms with E-state index in [4.69, 9.17) is 0 Å². The third kappa shape index (κ3) is 3.32. The maximum Gasteiger partial charge on any atom is 0.0274 e. The minimum absolute atomic E-state index is 0.461. The predicted molar refractivity (Wildman–Crippen MR) is 90.5 cm³/mol. The monoisotopic (exact) mass is 292 g/mol. The van der Waals surface area contributed by atoms with E-state index in [-0.39, 0.29) is 0 Å². The highest BCUT2D eigenvalue weighted by molar-refractivity contribution is 4.99. The Labute approximate surface area is 132 Å². The van der Waals surface area contributed by atoms with Gasteiger partial charge < -0.3 is 5.32 Å². The van der Waals surface area contributed by atoms with Gasteiger partial charge in [0.25, 0.3) is 0 Å². The van der Waals surface area contributed by atoms with Crippen LogP contribution in [0.5, 0.6) is 0 Å². The average molecular weight is 293 g/mol. The molecule has 122 valence electrons. The lowest BCUT2D eigenvalue weighted by atomic mass is 9.68. The molecule has 0 aromatic rings. The summed E-state index contributed by atoms with van der Waals surface area (Å²) in [5.41, 5.74) is 0.461. The van der Waals surface area contributed by atoms with Crippen molar-refractivity contribution < 1.29 is 0 Å². The molecule has 4 atom stereocenters. The first kappa shape index (κ1) is 15.8. The molecule has 1 aliphatic heterocycles. The number of nitrogens with one attached hydrogen (secondary N) is 1. The Kier molecular flexibility index (Phi) is 4.95. The molecule has 0 amide bonds. The zero-order chi connectivity index (χ0) is 14.9. The Morgan fingerprint density at radius 3 is 2.52 bits per heavy atom. The van der Waals surface area contributed by atoms with E-state index >= 15 is 0 Å². The highest BCUT2D eigenvalue weighted by Crippen LogP contribution is 2.42. The van der Waals surface area contributed by atoms with Crippen LogP contribution in [-0.4, -0.2) is 36.6 Å². The maximum absolute atomic E-state index is 3.85. The summed E-state index contributed by atoms with van der Waals surface area (Å²) >= 11 is 0. The molecule has 2 saturated carbocycles. The van der Waals surface area contributed by atoms with Crippen LogP contribution >= 0.6 is 0 Å². The molecule has 2 aliphatic carbocycles. The summed E-state index contributed by atoms with van der Waals surface area (Å²) < 4.78 is 0. The Hall–Kier alpha value is -0.0800. The number of hydrogen-bond donors (Lipinski definition) is 1. The van der Waals surface area contributed by atoms with Crippen molar-refractivity contribution in [3.63, 3.8) is 0 Å². The van der Waals surface area contributed by atoms with Crippen molar-refractivity contribution in [1.29, 1.82) is 0 Å². The minimum Gasteiger partial charge on any atom is -0.312 e. The van der Waals surface area contributed by atoms with Gasteiger partial charge in [0.1, 0.15) is 0 Å². The number of likely N-dealkylation sites (N-methyl/N-ethyl adjacent to an activating group) is 1. The summed E-state index contributed by atoms with van der Waals surface area (Å²) in [6, 6.07) is 1.48. The van der Waals surface area contributed by atoms with Crippen molar-refractivity contribution in [1.82, 2.24) is 10.2 Å². The molecule has 0 spiro atoms. The molecule has 0 radical (unpaired) electrons. The van der Waals surface area contributed by atoms with Crippen LogP contribution in [0, 0.1) is 17.3 Å². The zero-order valence-electron chi connectivity index (χ0n) is 14.5. The fourth-order valence-corrected chi connectivity index (χ4v) is 5.57. The van der Waals surface area contributed by atoms with Gasteiger partial charge >= 0.3 is 0 Å². The second-order valence-corrected chi connectivity index (χ2v) is 8.57. The standard InChI is InChI=1S/C19H36N2/c1-4-20-18-17(10-7-12-19(18,2)3)21-13-11-15-8-5-6-9-16(15)14-21/h15-18,20H,4-14H2,1-3H3. The molecule has 1 N–H and O–H groups in total. The predicted octanol–water partition coefficient (Wildman–Crippen LogP) is 4.06. The number of nitrogens with zero attached hydrogens (tertiary/aromatic N) is 1. The SMILES string of the molecule is CCNC1C(N2CCC3CCCCC3C2)CCCC1(C)C. The molecule has 2 heteroatoms. The Balaban J connectivity index is 1.69. The molecule has 1 saturated heterocycles. The van der Waals surface area contributed by atoms with Crippen molar-refractivity contribution in [3.8, 4) is 0 Å². The minimum atomic E-state index is 0.461. The first-order valence-corrected chi connectivity index (χ1v) is 9.59. The summed E-state index contributed by atoms with van der Waals surface area (Å²) in [4.78, 5) is 2.89. The zero-order valence-corrected chi connectivity index (χ0v) is 14.5. The van der Waals surface area contributed by atoms with E-state index in [0.717, 1.165) is 24.4 Å². The van der Waals surface area contributed by atoms with E-state index in [0.29, 0.717) is 11.5 Å². The van der Waals surface area contributed by atoms with Gasteiger partial charge in [-0.1, -0.05) is 46.5 Å². The normalized spacial score (nSPS) is 40.7. The molecule has 0 aromatic carbocycles. The number of likely N-dealkylation sites (tertiary alicyclic amines) is 1. The van der Waals surface area contributed by atoms with Gasteiger partial charge in [-0.05, 0) is 56.0 Å². The Morgan fingerprint density at radius 2 is 1.76 bits per heavy atom. The van der Waals surface area contributed by atoms with E-state index in [9.17, 15) is 0 Å². The third-order valence-electron chi connectivity index (χ3n) is 6.76. The number of rotatable bonds is 3. The first-order valence-electron chi connectivity index (χ1n) is 9.59. The van der Waals surface area contributed by atoms with Gasteiger partial charge in [0.2, 0.25) is 0 Å². The fraction of sp³-hybridized carbons (Fsp3) is 1.00. The van der Waals surface area contributed by atoms with Crippen LogP contribution < -0.4 is 5.32 Å². The second-order valence-electron chi connectivity index (χ2n) is 8.57. The second kappa shape index (κ2) is 6.58. The van der Waals surface area contributed by atoms with Crippen LogP contribution in [-0.2, 0) is 0 Å². The topological polar surface area (TPSA) is 15.3 Å².